The van der Waals surface area contributed by atoms with E-state index in [1.807, 2.05) is 23.9 Å². The van der Waals surface area contributed by atoms with E-state index >= 15 is 0 Å². The first-order chi connectivity index (χ1) is 10.7. The minimum Gasteiger partial charge on any atom is -0.468 e. The minimum absolute atomic E-state index is 0.0489. The highest BCUT2D eigenvalue weighted by atomic mass is 32.2. The number of carbonyl (C=O) groups excluding carboxylic acids is 1. The van der Waals surface area contributed by atoms with Crippen LogP contribution in [0, 0.1) is 6.92 Å². The molecule has 0 spiro atoms. The fourth-order valence-electron chi connectivity index (χ4n) is 2.53. The van der Waals surface area contributed by atoms with Crippen molar-refractivity contribution in [1.82, 2.24) is 15.4 Å². The van der Waals surface area contributed by atoms with Crippen LogP contribution in [-0.4, -0.2) is 47.1 Å². The fraction of sp³-hybridized carbons (Fsp3) is 0.467. The van der Waals surface area contributed by atoms with Crippen LogP contribution in [0.4, 0.5) is 0 Å². The molecule has 1 aliphatic rings. The van der Waals surface area contributed by atoms with Gasteiger partial charge in [0.2, 0.25) is 0 Å². The summed E-state index contributed by atoms with van der Waals surface area (Å²) in [7, 11) is 0. The van der Waals surface area contributed by atoms with Crippen molar-refractivity contribution < 1.29 is 13.7 Å². The molecule has 7 heteroatoms. The normalized spacial score (nSPS) is 17.3. The Morgan fingerprint density at radius 2 is 2.32 bits per heavy atom. The molecule has 3 rings (SSSR count). The number of nitrogens with zero attached hydrogens (tertiary/aromatic N) is 2. The Kier molecular flexibility index (Phi) is 4.84. The van der Waals surface area contributed by atoms with Gasteiger partial charge in [-0.15, -0.1) is 0 Å². The third kappa shape index (κ3) is 3.53. The van der Waals surface area contributed by atoms with Crippen LogP contribution in [0.15, 0.2) is 33.4 Å². The fourth-order valence-corrected chi connectivity index (χ4v) is 3.46. The SMILES string of the molecule is Cc1cc(C(=O)NC[C@H](c2ccco2)N2CCSCC2)no1. The largest absolute Gasteiger partial charge is 0.468 e. The Labute approximate surface area is 133 Å². The summed E-state index contributed by atoms with van der Waals surface area (Å²) in [5, 5.41) is 6.67. The van der Waals surface area contributed by atoms with E-state index in [0.29, 0.717) is 18.0 Å². The first-order valence-corrected chi connectivity index (χ1v) is 8.46. The van der Waals surface area contributed by atoms with Gasteiger partial charge in [0.15, 0.2) is 5.69 Å². The maximum atomic E-state index is 12.1. The molecule has 1 N–H and O–H groups in total. The van der Waals surface area contributed by atoms with Gasteiger partial charge in [-0.2, -0.15) is 11.8 Å². The van der Waals surface area contributed by atoms with Gasteiger partial charge < -0.3 is 14.3 Å². The molecule has 1 saturated heterocycles. The van der Waals surface area contributed by atoms with Gasteiger partial charge in [0.05, 0.1) is 12.3 Å². The highest BCUT2D eigenvalue weighted by molar-refractivity contribution is 7.99. The first-order valence-electron chi connectivity index (χ1n) is 7.31. The van der Waals surface area contributed by atoms with Crippen LogP contribution in [0.5, 0.6) is 0 Å². The number of nitrogens with one attached hydrogen (secondary N) is 1. The topological polar surface area (TPSA) is 71.5 Å². The number of thioether (sulfide) groups is 1. The molecule has 0 aromatic carbocycles. The summed E-state index contributed by atoms with van der Waals surface area (Å²) >= 11 is 1.96. The van der Waals surface area contributed by atoms with Gasteiger partial charge >= 0.3 is 0 Å². The minimum atomic E-state index is -0.222. The number of rotatable bonds is 5. The lowest BCUT2D eigenvalue weighted by atomic mass is 10.1. The molecule has 118 valence electrons. The molecule has 0 radical (unpaired) electrons. The van der Waals surface area contributed by atoms with Crippen LogP contribution >= 0.6 is 11.8 Å². The molecule has 0 bridgehead atoms. The molecular weight excluding hydrogens is 302 g/mol. The van der Waals surface area contributed by atoms with Crippen molar-refractivity contribution in [2.45, 2.75) is 13.0 Å². The molecule has 6 nitrogen and oxygen atoms in total. The van der Waals surface area contributed by atoms with Gasteiger partial charge in [0.25, 0.3) is 5.91 Å². The second-order valence-corrected chi connectivity index (χ2v) is 6.44. The Morgan fingerprint density at radius 1 is 1.50 bits per heavy atom. The molecule has 1 aliphatic heterocycles. The molecule has 0 saturated carbocycles. The molecule has 2 aromatic rings. The van der Waals surface area contributed by atoms with Crippen molar-refractivity contribution in [2.24, 2.45) is 0 Å². The van der Waals surface area contributed by atoms with Gasteiger partial charge in [0, 0.05) is 37.2 Å². The van der Waals surface area contributed by atoms with Crippen molar-refractivity contribution in [3.8, 4) is 0 Å². The van der Waals surface area contributed by atoms with Crippen LogP contribution in [0.25, 0.3) is 0 Å². The second-order valence-electron chi connectivity index (χ2n) is 5.21. The summed E-state index contributed by atoms with van der Waals surface area (Å²) in [5.41, 5.74) is 0.310. The van der Waals surface area contributed by atoms with Gasteiger partial charge in [-0.25, -0.2) is 0 Å². The third-order valence-electron chi connectivity index (χ3n) is 3.67. The van der Waals surface area contributed by atoms with Crippen molar-refractivity contribution in [3.63, 3.8) is 0 Å². The van der Waals surface area contributed by atoms with Crippen molar-refractivity contribution >= 4 is 17.7 Å². The van der Waals surface area contributed by atoms with E-state index in [4.69, 9.17) is 8.94 Å². The number of aryl methyl sites for hydroxylation is 1. The number of aromatic nitrogens is 1. The maximum Gasteiger partial charge on any atom is 0.273 e. The summed E-state index contributed by atoms with van der Waals surface area (Å²) in [6, 6.07) is 5.52. The molecule has 0 unspecified atom stereocenters. The van der Waals surface area contributed by atoms with Crippen LogP contribution in [0.2, 0.25) is 0 Å². The molecular formula is C15H19N3O3S. The van der Waals surface area contributed by atoms with Crippen LogP contribution in [0.3, 0.4) is 0 Å². The Balaban J connectivity index is 1.66. The van der Waals surface area contributed by atoms with Gasteiger partial charge in [-0.1, -0.05) is 5.16 Å². The molecule has 22 heavy (non-hydrogen) atoms. The lowest BCUT2D eigenvalue weighted by Crippen LogP contribution is -2.42. The predicted molar refractivity (Wildman–Crippen MR) is 83.9 cm³/mol. The smallest absolute Gasteiger partial charge is 0.273 e. The monoisotopic (exact) mass is 321 g/mol. The van der Waals surface area contributed by atoms with Crippen molar-refractivity contribution in [2.75, 3.05) is 31.1 Å². The molecule has 3 heterocycles. The standard InChI is InChI=1S/C15H19N3O3S/c1-11-9-12(17-21-11)15(19)16-10-13(14-3-2-6-20-14)18-4-7-22-8-5-18/h2-3,6,9,13H,4-5,7-8,10H2,1H3,(H,16,19)/t13-/m1/s1. The quantitative estimate of drug-likeness (QED) is 0.909. The van der Waals surface area contributed by atoms with Crippen molar-refractivity contribution in [1.29, 1.82) is 0 Å². The average Bonchev–Trinajstić information content (AvgIpc) is 3.20. The van der Waals surface area contributed by atoms with Gasteiger partial charge in [0.1, 0.15) is 11.5 Å². The van der Waals surface area contributed by atoms with E-state index < -0.39 is 0 Å². The summed E-state index contributed by atoms with van der Waals surface area (Å²) in [6.45, 7) is 4.24. The number of hydrogen-bond donors (Lipinski definition) is 1. The van der Waals surface area contributed by atoms with Crippen LogP contribution in [0.1, 0.15) is 28.1 Å². The number of amides is 1. The molecule has 1 atom stereocenters. The summed E-state index contributed by atoms with van der Waals surface area (Å²) in [5.74, 6) is 3.49. The highest BCUT2D eigenvalue weighted by Crippen LogP contribution is 2.24. The van der Waals surface area contributed by atoms with E-state index in [1.165, 1.54) is 0 Å². The maximum absolute atomic E-state index is 12.1. The van der Waals surface area contributed by atoms with Crippen LogP contribution in [-0.2, 0) is 0 Å². The third-order valence-corrected chi connectivity index (χ3v) is 4.62. The predicted octanol–water partition coefficient (Wildman–Crippen LogP) is 2.10. The zero-order chi connectivity index (χ0) is 15.4. The summed E-state index contributed by atoms with van der Waals surface area (Å²) < 4.78 is 10.5. The summed E-state index contributed by atoms with van der Waals surface area (Å²) in [6.07, 6.45) is 1.67. The van der Waals surface area contributed by atoms with Crippen molar-refractivity contribution in [3.05, 3.63) is 41.7 Å². The Bertz CT molecular complexity index is 605. The van der Waals surface area contributed by atoms with E-state index in [1.54, 1.807) is 19.3 Å². The zero-order valence-electron chi connectivity index (χ0n) is 12.4. The van der Waals surface area contributed by atoms with Gasteiger partial charge in [-0.05, 0) is 19.1 Å². The van der Waals surface area contributed by atoms with E-state index in [2.05, 4.69) is 15.4 Å². The Hall–Kier alpha value is -1.73. The van der Waals surface area contributed by atoms with E-state index in [-0.39, 0.29) is 11.9 Å². The van der Waals surface area contributed by atoms with Gasteiger partial charge in [-0.3, -0.25) is 9.69 Å². The lowest BCUT2D eigenvalue weighted by molar-refractivity contribution is 0.0920. The number of hydrogen-bond acceptors (Lipinski definition) is 6. The number of furan rings is 1. The second kappa shape index (κ2) is 7.02. The zero-order valence-corrected chi connectivity index (χ0v) is 13.3. The average molecular weight is 321 g/mol. The number of carbonyl (C=O) groups is 1. The van der Waals surface area contributed by atoms with E-state index in [0.717, 1.165) is 30.4 Å². The molecule has 1 fully saturated rings. The van der Waals surface area contributed by atoms with Crippen LogP contribution < -0.4 is 5.32 Å². The highest BCUT2D eigenvalue weighted by Gasteiger charge is 2.25. The molecule has 2 aromatic heterocycles. The Morgan fingerprint density at radius 3 is 2.95 bits per heavy atom. The lowest BCUT2D eigenvalue weighted by Gasteiger charge is -2.33. The summed E-state index contributed by atoms with van der Waals surface area (Å²) in [4.78, 5) is 14.5. The van der Waals surface area contributed by atoms with E-state index in [9.17, 15) is 4.79 Å². The molecule has 1 amide bonds. The first kappa shape index (κ1) is 15.2. The molecule has 0 aliphatic carbocycles.